The molecule has 0 aliphatic heterocycles. The molecule has 778 valence electrons. The van der Waals surface area contributed by atoms with Gasteiger partial charge in [-0.2, -0.15) is 33.3 Å². The normalized spacial score (nSPS) is 11.0. The van der Waals surface area contributed by atoms with Gasteiger partial charge in [0.25, 0.3) is 39.5 Å². The smallest absolute Gasteiger partial charge is 0.407 e. The fourth-order valence-corrected chi connectivity index (χ4v) is 14.1. The van der Waals surface area contributed by atoms with Gasteiger partial charge in [0.15, 0.2) is 27.9 Å². The van der Waals surface area contributed by atoms with E-state index in [1.165, 1.54) is 23.8 Å². The number of carbonyl (C=O) groups is 6. The number of aromatic nitrogens is 5. The third-order valence-electron chi connectivity index (χ3n) is 21.2. The second kappa shape index (κ2) is 57.5. The van der Waals surface area contributed by atoms with E-state index in [4.69, 9.17) is 67.7 Å². The zero-order valence-electron chi connectivity index (χ0n) is 83.6. The van der Waals surface area contributed by atoms with Crippen LogP contribution in [0.2, 0.25) is 5.35 Å². The summed E-state index contributed by atoms with van der Waals surface area (Å²) in [7, 11) is 7.21. The lowest BCUT2D eigenvalue weighted by molar-refractivity contribution is -0.121. The Labute approximate surface area is 859 Å². The maximum absolute atomic E-state index is 13.3. The van der Waals surface area contributed by atoms with E-state index in [2.05, 4.69) is 69.0 Å². The number of hydrogen-bond acceptors (Lipinski definition) is 29. The van der Waals surface area contributed by atoms with Crippen LogP contribution in [0.3, 0.4) is 0 Å². The molecule has 11 aromatic carbocycles. The van der Waals surface area contributed by atoms with Crippen molar-refractivity contribution in [2.75, 3.05) is 122 Å². The summed E-state index contributed by atoms with van der Waals surface area (Å²) in [6.07, 6.45) is 2.71. The summed E-state index contributed by atoms with van der Waals surface area (Å²) in [5, 5.41) is 25.3. The Balaban J connectivity index is 0.000000183. The van der Waals surface area contributed by atoms with Crippen molar-refractivity contribution < 1.29 is 101 Å². The lowest BCUT2D eigenvalue weighted by Crippen LogP contribution is -2.35. The molecule has 5 heterocycles. The summed E-state index contributed by atoms with van der Waals surface area (Å²) in [5.41, 5.74) is 17.7. The SMILES string of the molecule is CNC(=O)CCCc1ccccc1.CNC(=O)CN(Cc1ccccc1)c1nc2ccc(O)cc2o1.CNC(=O)CN(Cc1ccccc1)c1nc2ccc(OC)cc2o1.CNC(=O)CN(Cc1ccccc1)c1nc2ccc(OC/C(=C/F)CN)cc2o1.CNC(=O)CN(Cc1ccccc1)c1nc2ccc(OC/C(=C/F)CNC(=O)OC(C)(C)C)cc2o1.COc1ccc2nc(Cl)oc2c1.Cc1ccc(S(=O)(=O)O)cc1. The number of carbonyl (C=O) groups excluding carboxylic acids is 6. The molecule has 5 aromatic heterocycles. The highest BCUT2D eigenvalue weighted by Gasteiger charge is 2.25. The number of nitrogens with zero attached hydrogens (tertiary/aromatic N) is 9. The van der Waals surface area contributed by atoms with Gasteiger partial charge in [0.1, 0.15) is 101 Å². The number of oxazole rings is 5. The number of anilines is 4. The molecule has 148 heavy (non-hydrogen) atoms. The fourth-order valence-electron chi connectivity index (χ4n) is 13.5. The number of phenolic OH excluding ortho intramolecular Hbond substituents is 1. The van der Waals surface area contributed by atoms with E-state index in [-0.39, 0.29) is 104 Å². The molecule has 0 saturated carbocycles. The van der Waals surface area contributed by atoms with Crippen LogP contribution < -0.4 is 76.2 Å². The molecule has 0 aliphatic carbocycles. The first-order valence-corrected chi connectivity index (χ1v) is 48.3. The van der Waals surface area contributed by atoms with E-state index < -0.39 is 21.8 Å². The van der Waals surface area contributed by atoms with E-state index in [0.29, 0.717) is 137 Å². The number of phenols is 1. The van der Waals surface area contributed by atoms with E-state index in [1.807, 2.05) is 159 Å². The minimum atomic E-state index is -4.02. The Kier molecular flexibility index (Phi) is 44.0. The highest BCUT2D eigenvalue weighted by atomic mass is 35.5. The third kappa shape index (κ3) is 37.4. The molecule has 0 saturated heterocycles. The second-order valence-electron chi connectivity index (χ2n) is 33.6. The molecular formula is C108H119ClF2N16O20S. The number of amides is 6. The van der Waals surface area contributed by atoms with Gasteiger partial charge in [0.05, 0.1) is 31.8 Å². The Bertz CT molecular complexity index is 7130. The monoisotopic (exact) mass is 2060 g/mol. The highest BCUT2D eigenvalue weighted by Crippen LogP contribution is 2.33. The van der Waals surface area contributed by atoms with Crippen LogP contribution >= 0.6 is 11.6 Å². The van der Waals surface area contributed by atoms with Crippen molar-refractivity contribution in [1.29, 1.82) is 0 Å². The first kappa shape index (κ1) is 113. The molecule has 0 spiro atoms. The van der Waals surface area contributed by atoms with Crippen molar-refractivity contribution in [2.24, 2.45) is 5.73 Å². The number of nitrogens with one attached hydrogen (secondary N) is 6. The largest absolute Gasteiger partial charge is 0.508 e. The van der Waals surface area contributed by atoms with E-state index >= 15 is 0 Å². The topological polar surface area (TPSA) is 464 Å². The first-order chi connectivity index (χ1) is 71.2. The predicted molar refractivity (Wildman–Crippen MR) is 563 cm³/mol. The summed E-state index contributed by atoms with van der Waals surface area (Å²) in [4.78, 5) is 99.2. The maximum atomic E-state index is 13.3. The van der Waals surface area contributed by atoms with Gasteiger partial charge < -0.3 is 108 Å². The minimum absolute atomic E-state index is 0.0519. The van der Waals surface area contributed by atoms with E-state index in [1.54, 1.807) is 175 Å². The van der Waals surface area contributed by atoms with Gasteiger partial charge in [0.2, 0.25) is 29.5 Å². The number of halogens is 3. The van der Waals surface area contributed by atoms with Gasteiger partial charge in [-0.15, -0.1) is 0 Å². The van der Waals surface area contributed by atoms with Crippen molar-refractivity contribution in [3.8, 4) is 28.7 Å². The molecule has 0 aliphatic rings. The van der Waals surface area contributed by atoms with Crippen LogP contribution in [-0.4, -0.2) is 186 Å². The number of benzene rings is 11. The maximum Gasteiger partial charge on any atom is 0.407 e. The Morgan fingerprint density at radius 1 is 0.426 bits per heavy atom. The van der Waals surface area contributed by atoms with Crippen LogP contribution in [-0.2, 0) is 71.4 Å². The molecule has 0 radical (unpaired) electrons. The van der Waals surface area contributed by atoms with Crippen LogP contribution in [0, 0.1) is 6.92 Å². The van der Waals surface area contributed by atoms with Crippen LogP contribution in [0.15, 0.2) is 318 Å². The van der Waals surface area contributed by atoms with E-state index in [9.17, 15) is 51.1 Å². The number of likely N-dealkylation sites (N-methyl/N-ethyl adjacent to an activating group) is 4. The average molecular weight is 2070 g/mol. The van der Waals surface area contributed by atoms with Gasteiger partial charge in [-0.1, -0.05) is 169 Å². The van der Waals surface area contributed by atoms with Crippen molar-refractivity contribution in [3.05, 3.63) is 329 Å². The highest BCUT2D eigenvalue weighted by molar-refractivity contribution is 7.85. The van der Waals surface area contributed by atoms with Gasteiger partial charge in [-0.05, 0) is 153 Å². The standard InChI is InChI=1S/C26H31FN4O5.C21H23FN4O3.C18H19N3O3.C17H17N3O3.C11H15NO.C8H6ClNO2.C7H8O3S/c1-26(2,3)36-25(33)29-14-19(13-27)17-34-20-10-11-21-22(12-20)35-24(30-21)31(16-23(32)28-4)15-18-8-6-5-7-9-18;1-24-20(27)13-26(12-15-5-3-2-4-6-15)21-25-18-8-7-17(9-19(18)29-21)28-14-16(10-22)11-23;1-19-17(22)12-21(11-13-6-4-3-5-7-13)18-20-15-9-8-14(23-2)10-16(15)24-18;1-18-16(22)11-20(10-12-5-3-2-4-6-12)17-19-14-8-7-13(21)9-15(14)23-17;1-12-11(13)9-5-8-10-6-3-2-4-7-10;1-11-5-2-3-6-7(4-5)12-8(9)10-6;1-6-2-4-7(5-3-6)11(8,9)10/h5-13H,14-17H2,1-4H3,(H,28,32)(H,29,33);2-10H,11-14,23H2,1H3,(H,24,27);3-10H,11-12H2,1-2H3,(H,19,22);2-9,21H,10-11H2,1H3,(H,18,22);2-4,6-7H,5,8-9H2,1H3,(H,12,13);2-4H,1H3;2-5H,1H3,(H,8,9,10)/b19-13+;16-10+;;;;;. The number of nitrogens with two attached hydrogens (primary N) is 1. The van der Waals surface area contributed by atoms with Crippen LogP contribution in [0.25, 0.3) is 55.5 Å². The number of aryl methyl sites for hydroxylation is 2. The lowest BCUT2D eigenvalue weighted by Gasteiger charge is -2.20. The molecular weight excluding hydrogens is 1950 g/mol. The molecule has 0 bridgehead atoms. The Morgan fingerprint density at radius 2 is 0.743 bits per heavy atom. The molecule has 16 rings (SSSR count). The summed E-state index contributed by atoms with van der Waals surface area (Å²) in [6, 6.07) is 82.4. The molecule has 10 N–H and O–H groups in total. The van der Waals surface area contributed by atoms with Crippen LogP contribution in [0.1, 0.15) is 67.0 Å². The number of fused-ring (bicyclic) bond motifs is 5. The van der Waals surface area contributed by atoms with Crippen molar-refractivity contribution >= 4 is 137 Å². The molecule has 0 fully saturated rings. The van der Waals surface area contributed by atoms with Crippen LogP contribution in [0.4, 0.5) is 37.6 Å². The molecule has 40 heteroatoms. The number of rotatable bonds is 36. The van der Waals surface area contributed by atoms with Gasteiger partial charge >= 0.3 is 6.09 Å². The van der Waals surface area contributed by atoms with E-state index in [0.717, 1.165) is 57.4 Å². The Hall–Kier alpha value is -16.9. The molecule has 0 unspecified atom stereocenters. The van der Waals surface area contributed by atoms with Gasteiger partial charge in [-0.3, -0.25) is 28.5 Å². The first-order valence-electron chi connectivity index (χ1n) is 46.5. The van der Waals surface area contributed by atoms with Crippen molar-refractivity contribution in [1.82, 2.24) is 56.8 Å². The lowest BCUT2D eigenvalue weighted by atomic mass is 10.1. The zero-order chi connectivity index (χ0) is 106. The summed E-state index contributed by atoms with van der Waals surface area (Å²) in [6.45, 7) is 9.42. The van der Waals surface area contributed by atoms with Crippen LogP contribution in [0.5, 0.6) is 28.7 Å². The molecule has 6 amide bonds. The molecule has 36 nitrogen and oxygen atoms in total. The van der Waals surface area contributed by atoms with Crippen molar-refractivity contribution in [3.63, 3.8) is 0 Å². The zero-order valence-corrected chi connectivity index (χ0v) is 85.1. The minimum Gasteiger partial charge on any atom is -0.508 e. The number of aromatic hydroxyl groups is 1. The quantitative estimate of drug-likeness (QED) is 0.0165. The molecule has 0 atom stereocenters. The predicted octanol–water partition coefficient (Wildman–Crippen LogP) is 17.5. The summed E-state index contributed by atoms with van der Waals surface area (Å²) >= 11 is 5.56. The Morgan fingerprint density at radius 3 is 1.07 bits per heavy atom. The fraction of sp³-hybridized carbons (Fsp3) is 0.250. The number of hydrogen-bond donors (Lipinski definition) is 9. The number of ether oxygens (including phenoxy) is 5. The average Bonchev–Trinajstić information content (AvgIpc) is 1.67. The van der Waals surface area contributed by atoms with Gasteiger partial charge in [0, 0.05) is 122 Å². The van der Waals surface area contributed by atoms with Crippen molar-refractivity contribution in [2.45, 2.75) is 83.6 Å². The second-order valence-corrected chi connectivity index (χ2v) is 35.3. The van der Waals surface area contributed by atoms with Gasteiger partial charge in [-0.25, -0.2) is 13.6 Å². The third-order valence-corrected chi connectivity index (χ3v) is 22.2. The summed E-state index contributed by atoms with van der Waals surface area (Å²) in [5.74, 6) is 2.04. The number of alkyl carbamates (subject to hydrolysis) is 1. The summed E-state index contributed by atoms with van der Waals surface area (Å²) < 4.78 is 111. The molecule has 16 aromatic rings. The number of methoxy groups -OCH3 is 2.